The highest BCUT2D eigenvalue weighted by Gasteiger charge is 2.16. The van der Waals surface area contributed by atoms with Crippen molar-refractivity contribution in [2.24, 2.45) is 0 Å². The molecule has 0 spiro atoms. The molecule has 5 nitrogen and oxygen atoms in total. The minimum Gasteiger partial charge on any atom is -0.462 e. The molecule has 298 valence electrons. The standard InChI is InChI=1S/C47H80O5/c1-3-5-7-9-11-13-15-17-19-21-23-25-27-29-31-33-35-37-39-41-46(49)51-44-45(43-48)52-47(50)42-40-38-36-34-32-30-28-26-24-22-20-18-16-14-12-10-8-6-4-2/h11-14,17-20,24,26,30,32,45,48H,3-10,15-16,21-23,25,27-29,31,33-44H2,1-2H3/b13-11+,14-12+,19-17+,20-18+,26-24+,32-30+/t45-/m0/s1. The average Bonchev–Trinajstić information content (AvgIpc) is 3.15. The summed E-state index contributed by atoms with van der Waals surface area (Å²) in [5.74, 6) is -0.635. The minimum absolute atomic E-state index is 0.0842. The number of allylic oxidation sites excluding steroid dienone is 12. The summed E-state index contributed by atoms with van der Waals surface area (Å²) in [7, 11) is 0. The van der Waals surface area contributed by atoms with Crippen LogP contribution in [0.3, 0.4) is 0 Å². The first-order chi connectivity index (χ1) is 25.6. The van der Waals surface area contributed by atoms with Crippen molar-refractivity contribution in [3.63, 3.8) is 0 Å². The lowest BCUT2D eigenvalue weighted by atomic mass is 10.1. The highest BCUT2D eigenvalue weighted by atomic mass is 16.6. The SMILES string of the molecule is CCCCC/C=C/C/C=C/C/C=C/C/C=C/CCCCCC(=O)O[C@@H](CO)COC(=O)CCCCCCCCCCC/C=C/C/C=C/CCCCC. The molecule has 0 aliphatic carbocycles. The Morgan fingerprint density at radius 1 is 0.442 bits per heavy atom. The van der Waals surface area contributed by atoms with E-state index in [0.29, 0.717) is 12.8 Å². The first-order valence-electron chi connectivity index (χ1n) is 21.5. The molecule has 0 aliphatic heterocycles. The summed E-state index contributed by atoms with van der Waals surface area (Å²) in [6.07, 6.45) is 56.8. The molecule has 0 bridgehead atoms. The van der Waals surface area contributed by atoms with Crippen molar-refractivity contribution in [1.82, 2.24) is 0 Å². The Labute approximate surface area is 321 Å². The molecule has 0 rings (SSSR count). The zero-order valence-corrected chi connectivity index (χ0v) is 33.8. The van der Waals surface area contributed by atoms with Crippen LogP contribution in [0.2, 0.25) is 0 Å². The van der Waals surface area contributed by atoms with Gasteiger partial charge in [0.25, 0.3) is 0 Å². The summed E-state index contributed by atoms with van der Waals surface area (Å²) < 4.78 is 10.6. The monoisotopic (exact) mass is 725 g/mol. The van der Waals surface area contributed by atoms with Gasteiger partial charge in [0, 0.05) is 12.8 Å². The fraction of sp³-hybridized carbons (Fsp3) is 0.702. The summed E-state index contributed by atoms with van der Waals surface area (Å²) in [5, 5.41) is 9.58. The van der Waals surface area contributed by atoms with E-state index in [-0.39, 0.29) is 25.2 Å². The van der Waals surface area contributed by atoms with Crippen LogP contribution in [0.1, 0.15) is 194 Å². The van der Waals surface area contributed by atoms with Gasteiger partial charge in [-0.2, -0.15) is 0 Å². The van der Waals surface area contributed by atoms with Crippen molar-refractivity contribution >= 4 is 11.9 Å². The average molecular weight is 725 g/mol. The summed E-state index contributed by atoms with van der Waals surface area (Å²) in [4.78, 5) is 24.3. The number of aliphatic hydroxyl groups is 1. The molecule has 0 saturated carbocycles. The quantitative estimate of drug-likeness (QED) is 0.0390. The second kappa shape index (κ2) is 42.8. The van der Waals surface area contributed by atoms with Crippen LogP contribution < -0.4 is 0 Å². The highest BCUT2D eigenvalue weighted by Crippen LogP contribution is 2.13. The fourth-order valence-corrected chi connectivity index (χ4v) is 5.68. The van der Waals surface area contributed by atoms with E-state index in [4.69, 9.17) is 9.47 Å². The number of aliphatic hydroxyl groups excluding tert-OH is 1. The molecule has 0 fully saturated rings. The van der Waals surface area contributed by atoms with Crippen molar-refractivity contribution in [2.75, 3.05) is 13.2 Å². The molecule has 0 heterocycles. The maximum atomic E-state index is 12.2. The molecule has 1 atom stereocenters. The summed E-state index contributed by atoms with van der Waals surface area (Å²) in [6, 6.07) is 0. The predicted octanol–water partition coefficient (Wildman–Crippen LogP) is 13.7. The van der Waals surface area contributed by atoms with E-state index in [9.17, 15) is 14.7 Å². The molecule has 0 radical (unpaired) electrons. The maximum Gasteiger partial charge on any atom is 0.306 e. The molecule has 0 aromatic heterocycles. The Morgan fingerprint density at radius 2 is 0.769 bits per heavy atom. The van der Waals surface area contributed by atoms with Crippen molar-refractivity contribution in [3.8, 4) is 0 Å². The van der Waals surface area contributed by atoms with E-state index in [1.54, 1.807) is 0 Å². The summed E-state index contributed by atoms with van der Waals surface area (Å²) in [5.41, 5.74) is 0. The van der Waals surface area contributed by atoms with Crippen LogP contribution in [-0.2, 0) is 19.1 Å². The van der Waals surface area contributed by atoms with Crippen molar-refractivity contribution in [3.05, 3.63) is 72.9 Å². The van der Waals surface area contributed by atoms with Gasteiger partial charge < -0.3 is 14.6 Å². The third kappa shape index (κ3) is 40.1. The maximum absolute atomic E-state index is 12.2. The lowest BCUT2D eigenvalue weighted by molar-refractivity contribution is -0.161. The van der Waals surface area contributed by atoms with Crippen molar-refractivity contribution < 1.29 is 24.2 Å². The number of esters is 2. The van der Waals surface area contributed by atoms with E-state index in [2.05, 4.69) is 86.8 Å². The fourth-order valence-electron chi connectivity index (χ4n) is 5.68. The van der Waals surface area contributed by atoms with E-state index in [1.165, 1.54) is 96.3 Å². The van der Waals surface area contributed by atoms with E-state index in [1.807, 2.05) is 0 Å². The third-order valence-corrected chi connectivity index (χ3v) is 8.97. The Kier molecular flexibility index (Phi) is 40.6. The molecule has 5 heteroatoms. The smallest absolute Gasteiger partial charge is 0.306 e. The number of ether oxygens (including phenoxy) is 2. The van der Waals surface area contributed by atoms with Gasteiger partial charge in [0.15, 0.2) is 6.10 Å². The number of hydrogen-bond acceptors (Lipinski definition) is 5. The number of carbonyl (C=O) groups excluding carboxylic acids is 2. The number of hydrogen-bond donors (Lipinski definition) is 1. The van der Waals surface area contributed by atoms with E-state index < -0.39 is 6.10 Å². The van der Waals surface area contributed by atoms with Crippen LogP contribution in [0, 0.1) is 0 Å². The van der Waals surface area contributed by atoms with Gasteiger partial charge in [-0.1, -0.05) is 164 Å². The van der Waals surface area contributed by atoms with Crippen LogP contribution in [0.25, 0.3) is 0 Å². The Hall–Kier alpha value is -2.66. The lowest BCUT2D eigenvalue weighted by Crippen LogP contribution is -2.28. The normalized spacial score (nSPS) is 12.9. The zero-order chi connectivity index (χ0) is 37.8. The Bertz CT molecular complexity index is 957. The topological polar surface area (TPSA) is 72.8 Å². The zero-order valence-electron chi connectivity index (χ0n) is 33.8. The van der Waals surface area contributed by atoms with Crippen molar-refractivity contribution in [1.29, 1.82) is 0 Å². The van der Waals surface area contributed by atoms with Gasteiger partial charge in [-0.3, -0.25) is 9.59 Å². The molecule has 1 N–H and O–H groups in total. The van der Waals surface area contributed by atoms with Crippen LogP contribution in [-0.4, -0.2) is 36.4 Å². The van der Waals surface area contributed by atoms with Crippen LogP contribution >= 0.6 is 0 Å². The van der Waals surface area contributed by atoms with Crippen molar-refractivity contribution in [2.45, 2.75) is 200 Å². The molecule has 0 aliphatic rings. The molecular formula is C47H80O5. The molecule has 0 saturated heterocycles. The molecule has 52 heavy (non-hydrogen) atoms. The van der Waals surface area contributed by atoms with Crippen LogP contribution in [0.4, 0.5) is 0 Å². The van der Waals surface area contributed by atoms with E-state index >= 15 is 0 Å². The lowest BCUT2D eigenvalue weighted by Gasteiger charge is -2.15. The van der Waals surface area contributed by atoms with Gasteiger partial charge >= 0.3 is 11.9 Å². The summed E-state index contributed by atoms with van der Waals surface area (Å²) in [6.45, 7) is 4.05. The molecule has 0 unspecified atom stereocenters. The Balaban J connectivity index is 3.63. The van der Waals surface area contributed by atoms with Crippen LogP contribution in [0.5, 0.6) is 0 Å². The van der Waals surface area contributed by atoms with Gasteiger partial charge in [0.2, 0.25) is 0 Å². The number of rotatable bonds is 38. The van der Waals surface area contributed by atoms with Gasteiger partial charge in [-0.05, 0) is 89.9 Å². The van der Waals surface area contributed by atoms with Gasteiger partial charge in [0.05, 0.1) is 6.61 Å². The first-order valence-corrected chi connectivity index (χ1v) is 21.5. The Morgan fingerprint density at radius 3 is 1.17 bits per heavy atom. The number of unbranched alkanes of at least 4 members (excludes halogenated alkanes) is 18. The molecular weight excluding hydrogens is 645 g/mol. The van der Waals surface area contributed by atoms with E-state index in [0.717, 1.165) is 70.6 Å². The minimum atomic E-state index is -0.793. The molecule has 0 aromatic rings. The van der Waals surface area contributed by atoms with Gasteiger partial charge in [-0.25, -0.2) is 0 Å². The van der Waals surface area contributed by atoms with Gasteiger partial charge in [0.1, 0.15) is 6.61 Å². The summed E-state index contributed by atoms with van der Waals surface area (Å²) >= 11 is 0. The molecule has 0 aromatic carbocycles. The molecule has 0 amide bonds. The number of carbonyl (C=O) groups is 2. The second-order valence-electron chi connectivity index (χ2n) is 14.1. The highest BCUT2D eigenvalue weighted by molar-refractivity contribution is 5.70. The first kappa shape index (κ1) is 49.3. The van der Waals surface area contributed by atoms with Gasteiger partial charge in [-0.15, -0.1) is 0 Å². The largest absolute Gasteiger partial charge is 0.462 e. The third-order valence-electron chi connectivity index (χ3n) is 8.97. The predicted molar refractivity (Wildman–Crippen MR) is 223 cm³/mol. The second-order valence-corrected chi connectivity index (χ2v) is 14.1. The van der Waals surface area contributed by atoms with Crippen LogP contribution in [0.15, 0.2) is 72.9 Å².